The van der Waals surface area contributed by atoms with Crippen molar-refractivity contribution in [2.75, 3.05) is 45.9 Å². The van der Waals surface area contributed by atoms with Gasteiger partial charge in [0.25, 0.3) is 0 Å². The molecule has 0 bridgehead atoms. The summed E-state index contributed by atoms with van der Waals surface area (Å²) in [5, 5.41) is 6.79. The molecule has 5 nitrogen and oxygen atoms in total. The van der Waals surface area contributed by atoms with Gasteiger partial charge in [-0.2, -0.15) is 0 Å². The third kappa shape index (κ3) is 9.20. The minimum atomic E-state index is 0.699. The van der Waals surface area contributed by atoms with Crippen molar-refractivity contribution < 1.29 is 4.74 Å². The molecule has 1 heterocycles. The van der Waals surface area contributed by atoms with Crippen molar-refractivity contribution in [3.63, 3.8) is 0 Å². The Balaban J connectivity index is 1.52. The normalized spacial score (nSPS) is 15.8. The van der Waals surface area contributed by atoms with Crippen molar-refractivity contribution >= 4 is 5.96 Å². The number of benzene rings is 1. The van der Waals surface area contributed by atoms with Crippen molar-refractivity contribution in [3.05, 3.63) is 35.9 Å². The van der Waals surface area contributed by atoms with Gasteiger partial charge in [0.1, 0.15) is 0 Å². The first kappa shape index (κ1) is 20.7. The maximum atomic E-state index is 5.72. The SMILES string of the molecule is CCNC(=NCCCCOCc1ccccc1)NCCN1CCCCC1. The van der Waals surface area contributed by atoms with Crippen molar-refractivity contribution in [2.24, 2.45) is 4.99 Å². The van der Waals surface area contributed by atoms with Crippen LogP contribution < -0.4 is 10.6 Å². The number of guanidine groups is 1. The Morgan fingerprint density at radius 3 is 2.65 bits per heavy atom. The fourth-order valence-electron chi connectivity index (χ4n) is 3.13. The second-order valence-electron chi connectivity index (χ2n) is 6.84. The molecule has 0 radical (unpaired) electrons. The molecule has 5 heteroatoms. The molecule has 0 spiro atoms. The van der Waals surface area contributed by atoms with E-state index >= 15 is 0 Å². The third-order valence-electron chi connectivity index (χ3n) is 4.59. The Kier molecular flexibility index (Phi) is 10.8. The number of hydrogen-bond donors (Lipinski definition) is 2. The zero-order valence-corrected chi connectivity index (χ0v) is 16.4. The Morgan fingerprint density at radius 1 is 1.08 bits per heavy atom. The van der Waals surface area contributed by atoms with Crippen LogP contribution in [0.2, 0.25) is 0 Å². The lowest BCUT2D eigenvalue weighted by Gasteiger charge is -2.26. The number of hydrogen-bond acceptors (Lipinski definition) is 3. The van der Waals surface area contributed by atoms with E-state index in [0.717, 1.165) is 51.6 Å². The molecule has 0 aliphatic carbocycles. The summed E-state index contributed by atoms with van der Waals surface area (Å²) in [4.78, 5) is 7.22. The highest BCUT2D eigenvalue weighted by molar-refractivity contribution is 5.79. The number of unbranched alkanes of at least 4 members (excludes halogenated alkanes) is 1. The molecule has 0 amide bonds. The molecule has 1 aliphatic rings. The molecule has 0 saturated carbocycles. The lowest BCUT2D eigenvalue weighted by molar-refractivity contribution is 0.117. The lowest BCUT2D eigenvalue weighted by Crippen LogP contribution is -2.42. The van der Waals surface area contributed by atoms with Crippen LogP contribution in [0.3, 0.4) is 0 Å². The predicted molar refractivity (Wildman–Crippen MR) is 110 cm³/mol. The van der Waals surface area contributed by atoms with Crippen LogP contribution in [0.4, 0.5) is 0 Å². The summed E-state index contributed by atoms with van der Waals surface area (Å²) in [5.41, 5.74) is 1.23. The van der Waals surface area contributed by atoms with Crippen LogP contribution in [0, 0.1) is 0 Å². The highest BCUT2D eigenvalue weighted by Gasteiger charge is 2.09. The van der Waals surface area contributed by atoms with E-state index in [-0.39, 0.29) is 0 Å². The Labute approximate surface area is 159 Å². The number of aliphatic imine (C=N–C) groups is 1. The Hall–Kier alpha value is -1.59. The molecule has 0 atom stereocenters. The highest BCUT2D eigenvalue weighted by atomic mass is 16.5. The molecule has 1 aromatic rings. The molecule has 146 valence electrons. The summed E-state index contributed by atoms with van der Waals surface area (Å²) >= 11 is 0. The van der Waals surface area contributed by atoms with Crippen LogP contribution in [0.15, 0.2) is 35.3 Å². The molecule has 1 aromatic carbocycles. The molecule has 1 aliphatic heterocycles. The minimum Gasteiger partial charge on any atom is -0.377 e. The quantitative estimate of drug-likeness (QED) is 0.362. The molecule has 2 rings (SSSR count). The first-order valence-electron chi connectivity index (χ1n) is 10.2. The largest absolute Gasteiger partial charge is 0.377 e. The average Bonchev–Trinajstić information content (AvgIpc) is 2.69. The number of piperidine rings is 1. The predicted octanol–water partition coefficient (Wildman–Crippen LogP) is 3.02. The van der Waals surface area contributed by atoms with E-state index in [0.29, 0.717) is 6.61 Å². The lowest BCUT2D eigenvalue weighted by atomic mass is 10.1. The van der Waals surface area contributed by atoms with Crippen LogP contribution in [0.5, 0.6) is 0 Å². The Bertz CT molecular complexity index is 486. The van der Waals surface area contributed by atoms with Gasteiger partial charge in [-0.3, -0.25) is 4.99 Å². The van der Waals surface area contributed by atoms with Gasteiger partial charge in [-0.1, -0.05) is 36.8 Å². The van der Waals surface area contributed by atoms with E-state index in [1.54, 1.807) is 0 Å². The van der Waals surface area contributed by atoms with Gasteiger partial charge in [0.2, 0.25) is 0 Å². The number of likely N-dealkylation sites (tertiary alicyclic amines) is 1. The van der Waals surface area contributed by atoms with Gasteiger partial charge in [-0.15, -0.1) is 0 Å². The average molecular weight is 361 g/mol. The summed E-state index contributed by atoms with van der Waals surface area (Å²) in [6.07, 6.45) is 6.19. The molecule has 1 saturated heterocycles. The topological polar surface area (TPSA) is 48.9 Å². The van der Waals surface area contributed by atoms with Gasteiger partial charge in [-0.05, 0) is 51.3 Å². The van der Waals surface area contributed by atoms with Crippen LogP contribution >= 0.6 is 0 Å². The van der Waals surface area contributed by atoms with Gasteiger partial charge >= 0.3 is 0 Å². The zero-order valence-electron chi connectivity index (χ0n) is 16.4. The fraction of sp³-hybridized carbons (Fsp3) is 0.667. The first-order chi connectivity index (χ1) is 12.9. The number of nitrogens with zero attached hydrogens (tertiary/aromatic N) is 2. The maximum absolute atomic E-state index is 5.72. The summed E-state index contributed by atoms with van der Waals surface area (Å²) in [6, 6.07) is 10.3. The van der Waals surface area contributed by atoms with Crippen LogP contribution in [-0.2, 0) is 11.3 Å². The number of ether oxygens (including phenoxy) is 1. The fourth-order valence-corrected chi connectivity index (χ4v) is 3.13. The van der Waals surface area contributed by atoms with Crippen molar-refractivity contribution in [2.45, 2.75) is 45.6 Å². The highest BCUT2D eigenvalue weighted by Crippen LogP contribution is 2.07. The monoisotopic (exact) mass is 360 g/mol. The molecule has 0 aromatic heterocycles. The van der Waals surface area contributed by atoms with Crippen molar-refractivity contribution in [3.8, 4) is 0 Å². The molecule has 2 N–H and O–H groups in total. The van der Waals surface area contributed by atoms with Gasteiger partial charge in [0.05, 0.1) is 6.61 Å². The molecular weight excluding hydrogens is 324 g/mol. The van der Waals surface area contributed by atoms with Crippen molar-refractivity contribution in [1.29, 1.82) is 0 Å². The number of nitrogens with one attached hydrogen (secondary N) is 2. The molecule has 26 heavy (non-hydrogen) atoms. The van der Waals surface area contributed by atoms with E-state index < -0.39 is 0 Å². The van der Waals surface area contributed by atoms with E-state index in [9.17, 15) is 0 Å². The first-order valence-corrected chi connectivity index (χ1v) is 10.2. The summed E-state index contributed by atoms with van der Waals surface area (Å²) in [6.45, 7) is 9.91. The van der Waals surface area contributed by atoms with Gasteiger partial charge in [0.15, 0.2) is 5.96 Å². The molecule has 1 fully saturated rings. The Morgan fingerprint density at radius 2 is 1.88 bits per heavy atom. The van der Waals surface area contributed by atoms with Crippen molar-refractivity contribution in [1.82, 2.24) is 15.5 Å². The smallest absolute Gasteiger partial charge is 0.191 e. The molecular formula is C21H36N4O. The van der Waals surface area contributed by atoms with Crippen LogP contribution in [-0.4, -0.2) is 56.7 Å². The minimum absolute atomic E-state index is 0.699. The number of rotatable bonds is 11. The molecule has 0 unspecified atom stereocenters. The van der Waals surface area contributed by atoms with E-state index in [2.05, 4.69) is 39.6 Å². The van der Waals surface area contributed by atoms with Crippen LogP contribution in [0.25, 0.3) is 0 Å². The second-order valence-corrected chi connectivity index (χ2v) is 6.84. The van der Waals surface area contributed by atoms with Gasteiger partial charge in [-0.25, -0.2) is 0 Å². The van der Waals surface area contributed by atoms with Crippen LogP contribution in [0.1, 0.15) is 44.6 Å². The summed E-state index contributed by atoms with van der Waals surface area (Å²) in [7, 11) is 0. The van der Waals surface area contributed by atoms with E-state index in [1.165, 1.54) is 37.9 Å². The second kappa shape index (κ2) is 13.6. The maximum Gasteiger partial charge on any atom is 0.191 e. The third-order valence-corrected chi connectivity index (χ3v) is 4.59. The van der Waals surface area contributed by atoms with Gasteiger partial charge in [0, 0.05) is 32.8 Å². The van der Waals surface area contributed by atoms with E-state index in [4.69, 9.17) is 4.74 Å². The summed E-state index contributed by atoms with van der Waals surface area (Å²) in [5.74, 6) is 0.940. The standard InChI is InChI=1S/C21H36N4O/c1-2-22-21(24-14-17-25-15-8-4-9-16-25)23-13-7-10-18-26-19-20-11-5-3-6-12-20/h3,5-6,11-12H,2,4,7-10,13-19H2,1H3,(H2,22,23,24). The van der Waals surface area contributed by atoms with Gasteiger partial charge < -0.3 is 20.3 Å². The van der Waals surface area contributed by atoms with E-state index in [1.807, 2.05) is 18.2 Å². The zero-order chi connectivity index (χ0) is 18.3. The summed E-state index contributed by atoms with van der Waals surface area (Å²) < 4.78 is 5.72.